The second kappa shape index (κ2) is 9.94. The zero-order valence-corrected chi connectivity index (χ0v) is 16.4. The van der Waals surface area contributed by atoms with Crippen LogP contribution in [0, 0.1) is 11.6 Å². The molecular weight excluding hydrogens is 370 g/mol. The molecule has 0 saturated heterocycles. The molecule has 0 fully saturated rings. The standard InChI is InChI=1S/C24H24F2N2O/c1-18(22-13-12-21(25)14-23(22)26)27-15-24(29)28(16-19-8-4-2-5-9-19)17-20-10-6-3-7-11-20/h2-14,18,27H,15-17H2,1H3/p+1/t18-/m1/s1. The van der Waals surface area contributed by atoms with Gasteiger partial charge in [-0.25, -0.2) is 8.78 Å². The molecule has 0 saturated carbocycles. The van der Waals surface area contributed by atoms with Crippen molar-refractivity contribution in [1.82, 2.24) is 4.90 Å². The maximum atomic E-state index is 14.0. The Labute approximate surface area is 170 Å². The summed E-state index contributed by atoms with van der Waals surface area (Å²) in [6, 6.07) is 22.9. The fourth-order valence-electron chi connectivity index (χ4n) is 3.24. The van der Waals surface area contributed by atoms with E-state index in [-0.39, 0.29) is 18.5 Å². The smallest absolute Gasteiger partial charge is 0.278 e. The highest BCUT2D eigenvalue weighted by Gasteiger charge is 2.20. The molecule has 3 aromatic carbocycles. The van der Waals surface area contributed by atoms with Crippen molar-refractivity contribution in [2.75, 3.05) is 6.54 Å². The Hall–Kier alpha value is -3.05. The fraction of sp³-hybridized carbons (Fsp3) is 0.208. The zero-order chi connectivity index (χ0) is 20.6. The summed E-state index contributed by atoms with van der Waals surface area (Å²) < 4.78 is 27.1. The number of hydrogen-bond acceptors (Lipinski definition) is 1. The minimum Gasteiger partial charge on any atom is -0.332 e. The van der Waals surface area contributed by atoms with Crippen LogP contribution in [-0.2, 0) is 17.9 Å². The van der Waals surface area contributed by atoms with Gasteiger partial charge in [-0.05, 0) is 30.2 Å². The topological polar surface area (TPSA) is 36.9 Å². The number of nitrogens with two attached hydrogens (primary N) is 1. The number of quaternary nitrogens is 1. The summed E-state index contributed by atoms with van der Waals surface area (Å²) in [6.45, 7) is 2.99. The van der Waals surface area contributed by atoms with Crippen LogP contribution in [0.1, 0.15) is 29.7 Å². The molecule has 3 rings (SSSR count). The van der Waals surface area contributed by atoms with Crippen LogP contribution in [-0.4, -0.2) is 17.4 Å². The van der Waals surface area contributed by atoms with Crippen molar-refractivity contribution >= 4 is 5.91 Å². The summed E-state index contributed by atoms with van der Waals surface area (Å²) >= 11 is 0. The van der Waals surface area contributed by atoms with E-state index in [1.165, 1.54) is 12.1 Å². The number of amides is 1. The van der Waals surface area contributed by atoms with Crippen molar-refractivity contribution in [3.8, 4) is 0 Å². The highest BCUT2D eigenvalue weighted by molar-refractivity contribution is 5.77. The van der Waals surface area contributed by atoms with E-state index in [0.717, 1.165) is 17.2 Å². The van der Waals surface area contributed by atoms with Gasteiger partial charge in [0.2, 0.25) is 0 Å². The third kappa shape index (κ3) is 5.96. The molecular formula is C24H25F2N2O+. The lowest BCUT2D eigenvalue weighted by Gasteiger charge is -2.23. The third-order valence-corrected chi connectivity index (χ3v) is 4.88. The van der Waals surface area contributed by atoms with Crippen LogP contribution in [0.2, 0.25) is 0 Å². The maximum absolute atomic E-state index is 14.0. The second-order valence-corrected chi connectivity index (χ2v) is 7.12. The normalized spacial score (nSPS) is 11.8. The van der Waals surface area contributed by atoms with Crippen molar-refractivity contribution in [2.45, 2.75) is 26.1 Å². The Morgan fingerprint density at radius 3 is 1.97 bits per heavy atom. The lowest BCUT2D eigenvalue weighted by Crippen LogP contribution is -2.87. The van der Waals surface area contributed by atoms with Gasteiger partial charge in [0.25, 0.3) is 5.91 Å². The largest absolute Gasteiger partial charge is 0.332 e. The molecule has 0 aliphatic carbocycles. The van der Waals surface area contributed by atoms with Crippen molar-refractivity contribution in [2.24, 2.45) is 0 Å². The van der Waals surface area contributed by atoms with Crippen LogP contribution in [0.4, 0.5) is 8.78 Å². The van der Waals surface area contributed by atoms with E-state index in [1.807, 2.05) is 67.6 Å². The first-order valence-electron chi connectivity index (χ1n) is 9.67. The third-order valence-electron chi connectivity index (χ3n) is 4.88. The van der Waals surface area contributed by atoms with Gasteiger partial charge in [-0.2, -0.15) is 0 Å². The van der Waals surface area contributed by atoms with Crippen molar-refractivity contribution in [1.29, 1.82) is 0 Å². The van der Waals surface area contributed by atoms with Gasteiger partial charge in [0.15, 0.2) is 6.54 Å². The van der Waals surface area contributed by atoms with E-state index in [2.05, 4.69) is 0 Å². The number of benzene rings is 3. The molecule has 29 heavy (non-hydrogen) atoms. The van der Waals surface area contributed by atoms with Gasteiger partial charge >= 0.3 is 0 Å². The number of hydrogen-bond donors (Lipinski definition) is 1. The van der Waals surface area contributed by atoms with Crippen molar-refractivity contribution in [3.63, 3.8) is 0 Å². The Balaban J connectivity index is 1.68. The lowest BCUT2D eigenvalue weighted by atomic mass is 10.1. The summed E-state index contributed by atoms with van der Waals surface area (Å²) in [5, 5.41) is 1.78. The molecule has 0 spiro atoms. The van der Waals surface area contributed by atoms with Gasteiger partial charge in [0, 0.05) is 24.7 Å². The first kappa shape index (κ1) is 20.7. The molecule has 0 radical (unpaired) electrons. The van der Waals surface area contributed by atoms with Crippen LogP contribution in [0.5, 0.6) is 0 Å². The number of rotatable bonds is 8. The van der Waals surface area contributed by atoms with Gasteiger partial charge < -0.3 is 10.2 Å². The average Bonchev–Trinajstić information content (AvgIpc) is 2.73. The molecule has 0 heterocycles. The molecule has 5 heteroatoms. The second-order valence-electron chi connectivity index (χ2n) is 7.12. The highest BCUT2D eigenvalue weighted by atomic mass is 19.1. The Kier molecular flexibility index (Phi) is 7.09. The van der Waals surface area contributed by atoms with Crippen molar-refractivity contribution in [3.05, 3.63) is 107 Å². The molecule has 0 unspecified atom stereocenters. The number of nitrogens with zero attached hydrogens (tertiary/aromatic N) is 1. The first-order valence-corrected chi connectivity index (χ1v) is 9.67. The molecule has 0 bridgehead atoms. The average molecular weight is 395 g/mol. The summed E-state index contributed by atoms with van der Waals surface area (Å²) in [4.78, 5) is 14.8. The number of carbonyl (C=O) groups excluding carboxylic acids is 1. The van der Waals surface area contributed by atoms with Crippen LogP contribution in [0.25, 0.3) is 0 Å². The summed E-state index contributed by atoms with van der Waals surface area (Å²) in [7, 11) is 0. The van der Waals surface area contributed by atoms with Crippen LogP contribution in [0.15, 0.2) is 78.9 Å². The lowest BCUT2D eigenvalue weighted by molar-refractivity contribution is -0.683. The molecule has 150 valence electrons. The molecule has 3 nitrogen and oxygen atoms in total. The first-order chi connectivity index (χ1) is 14.0. The van der Waals surface area contributed by atoms with E-state index in [1.54, 1.807) is 10.2 Å². The minimum atomic E-state index is -0.605. The quantitative estimate of drug-likeness (QED) is 0.619. The molecule has 1 atom stereocenters. The molecule has 3 aromatic rings. The predicted octanol–water partition coefficient (Wildman–Crippen LogP) is 3.82. The Morgan fingerprint density at radius 1 is 0.897 bits per heavy atom. The SMILES string of the molecule is C[C@@H]([NH2+]CC(=O)N(Cc1ccccc1)Cc1ccccc1)c1ccc(F)cc1F. The van der Waals surface area contributed by atoms with Gasteiger partial charge in [-0.1, -0.05) is 60.7 Å². The Morgan fingerprint density at radius 2 is 1.45 bits per heavy atom. The van der Waals surface area contributed by atoms with E-state index in [4.69, 9.17) is 0 Å². The molecule has 0 aliphatic rings. The fourth-order valence-corrected chi connectivity index (χ4v) is 3.24. The summed E-state index contributed by atoms with van der Waals surface area (Å²) in [5.74, 6) is -1.23. The maximum Gasteiger partial charge on any atom is 0.278 e. The van der Waals surface area contributed by atoms with Crippen molar-refractivity contribution < 1.29 is 18.9 Å². The zero-order valence-electron chi connectivity index (χ0n) is 16.4. The van der Waals surface area contributed by atoms with Crippen LogP contribution < -0.4 is 5.32 Å². The van der Waals surface area contributed by atoms with E-state index < -0.39 is 11.6 Å². The molecule has 1 amide bonds. The minimum absolute atomic E-state index is 0.0351. The van der Waals surface area contributed by atoms with Crippen LogP contribution in [0.3, 0.4) is 0 Å². The monoisotopic (exact) mass is 395 g/mol. The Bertz CT molecular complexity index is 891. The molecule has 0 aliphatic heterocycles. The van der Waals surface area contributed by atoms with Crippen LogP contribution >= 0.6 is 0 Å². The summed E-state index contributed by atoms with van der Waals surface area (Å²) in [5.41, 5.74) is 2.49. The van der Waals surface area contributed by atoms with Gasteiger partial charge in [0.05, 0.1) is 0 Å². The number of halogens is 2. The van der Waals surface area contributed by atoms with E-state index in [0.29, 0.717) is 18.7 Å². The molecule has 2 N–H and O–H groups in total. The predicted molar refractivity (Wildman–Crippen MR) is 109 cm³/mol. The highest BCUT2D eigenvalue weighted by Crippen LogP contribution is 2.15. The van der Waals surface area contributed by atoms with Gasteiger partial charge in [-0.3, -0.25) is 4.79 Å². The van der Waals surface area contributed by atoms with E-state index >= 15 is 0 Å². The van der Waals surface area contributed by atoms with Gasteiger partial charge in [-0.15, -0.1) is 0 Å². The number of carbonyl (C=O) groups is 1. The van der Waals surface area contributed by atoms with E-state index in [9.17, 15) is 13.6 Å². The summed E-state index contributed by atoms with van der Waals surface area (Å²) in [6.07, 6.45) is 0. The molecule has 0 aromatic heterocycles. The van der Waals surface area contributed by atoms with Gasteiger partial charge in [0.1, 0.15) is 17.7 Å².